The number of anilines is 1. The maximum atomic E-state index is 11.4. The highest BCUT2D eigenvalue weighted by molar-refractivity contribution is 9.11. The molecular formula is C11H14Br2N2O. The number of nitrogens with one attached hydrogen (secondary N) is 1. The van der Waals surface area contributed by atoms with Crippen LogP contribution in [0.2, 0.25) is 0 Å². The third kappa shape index (κ3) is 3.79. The van der Waals surface area contributed by atoms with Crippen LogP contribution in [0.15, 0.2) is 27.1 Å². The number of carbonyl (C=O) groups excluding carboxylic acids is 1. The molecule has 1 amide bonds. The van der Waals surface area contributed by atoms with Gasteiger partial charge in [0.15, 0.2) is 0 Å². The second-order valence-corrected chi connectivity index (χ2v) is 5.27. The Morgan fingerprint density at radius 2 is 1.88 bits per heavy atom. The van der Waals surface area contributed by atoms with Gasteiger partial charge in [0.05, 0.1) is 5.69 Å². The third-order valence-corrected chi connectivity index (χ3v) is 3.42. The molecule has 88 valence electrons. The second kappa shape index (κ2) is 6.25. The summed E-state index contributed by atoms with van der Waals surface area (Å²) in [4.78, 5) is 13.0. The van der Waals surface area contributed by atoms with Crippen LogP contribution in [0.4, 0.5) is 5.69 Å². The van der Waals surface area contributed by atoms with Gasteiger partial charge in [0, 0.05) is 36.0 Å². The number of carbonyl (C=O) groups is 1. The lowest BCUT2D eigenvalue weighted by Crippen LogP contribution is -2.24. The fourth-order valence-corrected chi connectivity index (χ4v) is 2.46. The quantitative estimate of drug-likeness (QED) is 0.905. The number of benzene rings is 1. The smallest absolute Gasteiger partial charge is 0.223 e. The maximum absolute atomic E-state index is 11.4. The van der Waals surface area contributed by atoms with Gasteiger partial charge in [-0.3, -0.25) is 4.79 Å². The molecule has 0 bridgehead atoms. The van der Waals surface area contributed by atoms with Gasteiger partial charge in [-0.1, -0.05) is 6.07 Å². The van der Waals surface area contributed by atoms with E-state index in [1.54, 1.807) is 19.0 Å². The zero-order chi connectivity index (χ0) is 12.1. The Hall–Kier alpha value is -0.550. The molecule has 0 atom stereocenters. The van der Waals surface area contributed by atoms with Crippen LogP contribution in [0.25, 0.3) is 0 Å². The summed E-state index contributed by atoms with van der Waals surface area (Å²) in [6.07, 6.45) is 0.487. The number of nitrogens with zero attached hydrogens (tertiary/aromatic N) is 1. The monoisotopic (exact) mass is 348 g/mol. The molecule has 3 nitrogen and oxygen atoms in total. The van der Waals surface area contributed by atoms with Crippen LogP contribution in [0.3, 0.4) is 0 Å². The number of hydrogen-bond donors (Lipinski definition) is 1. The number of amides is 1. The topological polar surface area (TPSA) is 32.3 Å². The fraction of sp³-hybridized carbons (Fsp3) is 0.364. The SMILES string of the molecule is CN(C)C(=O)CCNc1c(Br)cccc1Br. The molecule has 5 heteroatoms. The van der Waals surface area contributed by atoms with Crippen molar-refractivity contribution in [3.05, 3.63) is 27.1 Å². The molecule has 1 rings (SSSR count). The van der Waals surface area contributed by atoms with Crippen molar-refractivity contribution in [2.75, 3.05) is 26.0 Å². The Morgan fingerprint density at radius 3 is 2.38 bits per heavy atom. The molecule has 0 aliphatic carbocycles. The highest BCUT2D eigenvalue weighted by Gasteiger charge is 2.06. The molecule has 0 spiro atoms. The predicted molar refractivity (Wildman–Crippen MR) is 73.6 cm³/mol. The van der Waals surface area contributed by atoms with E-state index in [1.165, 1.54) is 0 Å². The van der Waals surface area contributed by atoms with E-state index in [4.69, 9.17) is 0 Å². The van der Waals surface area contributed by atoms with Gasteiger partial charge in [0.25, 0.3) is 0 Å². The minimum absolute atomic E-state index is 0.121. The van der Waals surface area contributed by atoms with Gasteiger partial charge in [-0.2, -0.15) is 0 Å². The lowest BCUT2D eigenvalue weighted by atomic mass is 10.3. The number of rotatable bonds is 4. The largest absolute Gasteiger partial charge is 0.383 e. The molecule has 0 aliphatic heterocycles. The van der Waals surface area contributed by atoms with Gasteiger partial charge in [-0.05, 0) is 44.0 Å². The van der Waals surface area contributed by atoms with E-state index in [0.717, 1.165) is 14.6 Å². The van der Waals surface area contributed by atoms with Crippen molar-refractivity contribution in [3.63, 3.8) is 0 Å². The summed E-state index contributed by atoms with van der Waals surface area (Å²) < 4.78 is 1.97. The van der Waals surface area contributed by atoms with Crippen molar-refractivity contribution in [2.24, 2.45) is 0 Å². The molecular weight excluding hydrogens is 336 g/mol. The number of hydrogen-bond acceptors (Lipinski definition) is 2. The van der Waals surface area contributed by atoms with E-state index in [-0.39, 0.29) is 5.91 Å². The fourth-order valence-electron chi connectivity index (χ4n) is 1.18. The van der Waals surface area contributed by atoms with E-state index < -0.39 is 0 Å². The molecule has 0 saturated heterocycles. The number of para-hydroxylation sites is 1. The van der Waals surface area contributed by atoms with Gasteiger partial charge in [-0.15, -0.1) is 0 Å². The molecule has 0 heterocycles. The van der Waals surface area contributed by atoms with Gasteiger partial charge in [-0.25, -0.2) is 0 Å². The van der Waals surface area contributed by atoms with Crippen LogP contribution < -0.4 is 5.32 Å². The Labute approximate surface area is 112 Å². The minimum atomic E-state index is 0.121. The Kier molecular flexibility index (Phi) is 5.28. The molecule has 0 aromatic heterocycles. The first-order valence-corrected chi connectivity index (χ1v) is 6.49. The summed E-state index contributed by atoms with van der Waals surface area (Å²) >= 11 is 6.91. The summed E-state index contributed by atoms with van der Waals surface area (Å²) in [5, 5.41) is 3.23. The van der Waals surface area contributed by atoms with E-state index in [0.29, 0.717) is 13.0 Å². The first-order valence-electron chi connectivity index (χ1n) is 4.90. The molecule has 16 heavy (non-hydrogen) atoms. The predicted octanol–water partition coefficient (Wildman–Crippen LogP) is 3.10. The first-order chi connectivity index (χ1) is 7.52. The summed E-state index contributed by atoms with van der Waals surface area (Å²) in [5.41, 5.74) is 0.981. The molecule has 0 unspecified atom stereocenters. The zero-order valence-electron chi connectivity index (χ0n) is 9.26. The van der Waals surface area contributed by atoms with Crippen molar-refractivity contribution in [2.45, 2.75) is 6.42 Å². The van der Waals surface area contributed by atoms with Crippen LogP contribution in [-0.2, 0) is 4.79 Å². The van der Waals surface area contributed by atoms with E-state index >= 15 is 0 Å². The third-order valence-electron chi connectivity index (χ3n) is 2.10. The van der Waals surface area contributed by atoms with Gasteiger partial charge < -0.3 is 10.2 Å². The zero-order valence-corrected chi connectivity index (χ0v) is 12.4. The molecule has 0 fully saturated rings. The lowest BCUT2D eigenvalue weighted by molar-refractivity contribution is -0.128. The van der Waals surface area contributed by atoms with Crippen molar-refractivity contribution < 1.29 is 4.79 Å². The van der Waals surface area contributed by atoms with Crippen molar-refractivity contribution in [1.29, 1.82) is 0 Å². The Morgan fingerprint density at radius 1 is 1.31 bits per heavy atom. The van der Waals surface area contributed by atoms with Gasteiger partial charge in [0.2, 0.25) is 5.91 Å². The standard InChI is InChI=1S/C11H14Br2N2O/c1-15(2)10(16)6-7-14-11-8(12)4-3-5-9(11)13/h3-5,14H,6-7H2,1-2H3. The second-order valence-electron chi connectivity index (χ2n) is 3.56. The average molecular weight is 350 g/mol. The normalized spacial score (nSPS) is 10.0. The number of halogens is 2. The molecule has 1 aromatic rings. The van der Waals surface area contributed by atoms with Crippen LogP contribution in [0.5, 0.6) is 0 Å². The van der Waals surface area contributed by atoms with E-state index in [1.807, 2.05) is 18.2 Å². The maximum Gasteiger partial charge on any atom is 0.223 e. The van der Waals surface area contributed by atoms with Crippen LogP contribution in [0, 0.1) is 0 Å². The Balaban J connectivity index is 2.52. The minimum Gasteiger partial charge on any atom is -0.383 e. The Bertz CT molecular complexity index is 360. The molecule has 0 radical (unpaired) electrons. The molecule has 0 saturated carbocycles. The summed E-state index contributed by atoms with van der Waals surface area (Å²) in [6.45, 7) is 0.623. The first kappa shape index (κ1) is 13.5. The highest BCUT2D eigenvalue weighted by Crippen LogP contribution is 2.30. The lowest BCUT2D eigenvalue weighted by Gasteiger charge is -2.13. The van der Waals surface area contributed by atoms with E-state index in [2.05, 4.69) is 37.2 Å². The van der Waals surface area contributed by atoms with Crippen molar-refractivity contribution >= 4 is 43.5 Å². The van der Waals surface area contributed by atoms with Crippen molar-refractivity contribution in [3.8, 4) is 0 Å². The van der Waals surface area contributed by atoms with Crippen LogP contribution in [0.1, 0.15) is 6.42 Å². The summed E-state index contributed by atoms with van der Waals surface area (Å²) in [5.74, 6) is 0.121. The van der Waals surface area contributed by atoms with Crippen LogP contribution >= 0.6 is 31.9 Å². The molecule has 1 N–H and O–H groups in total. The van der Waals surface area contributed by atoms with Crippen LogP contribution in [-0.4, -0.2) is 31.4 Å². The average Bonchev–Trinajstić information content (AvgIpc) is 2.22. The van der Waals surface area contributed by atoms with Gasteiger partial charge in [0.1, 0.15) is 0 Å². The molecule has 1 aromatic carbocycles. The molecule has 0 aliphatic rings. The summed E-state index contributed by atoms with van der Waals surface area (Å²) in [6, 6.07) is 5.87. The van der Waals surface area contributed by atoms with Crippen molar-refractivity contribution in [1.82, 2.24) is 4.90 Å². The van der Waals surface area contributed by atoms with E-state index in [9.17, 15) is 4.79 Å². The van der Waals surface area contributed by atoms with Gasteiger partial charge >= 0.3 is 0 Å². The highest BCUT2D eigenvalue weighted by atomic mass is 79.9. The summed E-state index contributed by atoms with van der Waals surface area (Å²) in [7, 11) is 3.52.